The molecule has 2 aromatic carbocycles. The molecule has 2 aromatic heterocycles. The number of hydrogen-bond donors (Lipinski definition) is 2. The van der Waals surface area contributed by atoms with Gasteiger partial charge < -0.3 is 14.8 Å². The van der Waals surface area contributed by atoms with Gasteiger partial charge in [-0.25, -0.2) is 13.2 Å². The summed E-state index contributed by atoms with van der Waals surface area (Å²) in [6.45, 7) is 3.70. The number of aromatic amines is 1. The van der Waals surface area contributed by atoms with Crippen molar-refractivity contribution < 1.29 is 22.6 Å². The van der Waals surface area contributed by atoms with Gasteiger partial charge in [-0.2, -0.15) is 5.10 Å². The van der Waals surface area contributed by atoms with Crippen LogP contribution in [0.5, 0.6) is 5.75 Å². The van der Waals surface area contributed by atoms with E-state index in [-0.39, 0.29) is 5.56 Å². The van der Waals surface area contributed by atoms with Crippen LogP contribution in [0, 0.1) is 11.6 Å². The molecule has 0 amide bonds. The Bertz CT molecular complexity index is 1380. The molecule has 0 saturated carbocycles. The molecule has 0 bridgehead atoms. The summed E-state index contributed by atoms with van der Waals surface area (Å²) in [5, 5.41) is 11.1. The van der Waals surface area contributed by atoms with Crippen LogP contribution in [0.25, 0.3) is 22.8 Å². The first-order valence-electron chi connectivity index (χ1n) is 12.2. The van der Waals surface area contributed by atoms with Gasteiger partial charge in [-0.3, -0.25) is 10.1 Å². The lowest BCUT2D eigenvalue weighted by molar-refractivity contribution is 0.0775. The summed E-state index contributed by atoms with van der Waals surface area (Å²) in [6.07, 6.45) is 3.89. The summed E-state index contributed by atoms with van der Waals surface area (Å²) in [5.74, 6) is -1.47. The molecule has 5 rings (SSSR count). The molecule has 0 spiro atoms. The second kappa shape index (κ2) is 11.1. The van der Waals surface area contributed by atoms with Crippen LogP contribution in [-0.4, -0.2) is 34.4 Å². The van der Waals surface area contributed by atoms with Crippen LogP contribution in [0.3, 0.4) is 0 Å². The summed E-state index contributed by atoms with van der Waals surface area (Å²) < 4.78 is 54.5. The molecule has 1 atom stereocenters. The number of aromatic nitrogens is 3. The number of rotatable bonds is 8. The predicted molar refractivity (Wildman–Crippen MR) is 135 cm³/mol. The number of nitrogens with one attached hydrogen (secondary N) is 2. The molecule has 37 heavy (non-hydrogen) atoms. The number of nitrogens with zero attached hydrogens (tertiary/aromatic N) is 2. The third-order valence-corrected chi connectivity index (χ3v) is 6.44. The lowest BCUT2D eigenvalue weighted by Crippen LogP contribution is -2.34. The van der Waals surface area contributed by atoms with Gasteiger partial charge in [0.1, 0.15) is 29.3 Å². The third-order valence-electron chi connectivity index (χ3n) is 6.44. The maximum absolute atomic E-state index is 15.1. The Labute approximate surface area is 212 Å². The fourth-order valence-corrected chi connectivity index (χ4v) is 4.38. The monoisotopic (exact) mass is 508 g/mol. The largest absolute Gasteiger partial charge is 0.486 e. The minimum Gasteiger partial charge on any atom is -0.486 e. The smallest absolute Gasteiger partial charge is 0.134 e. The maximum atomic E-state index is 15.1. The highest BCUT2D eigenvalue weighted by atomic mass is 19.1. The Kier molecular flexibility index (Phi) is 7.52. The number of pyridine rings is 1. The van der Waals surface area contributed by atoms with E-state index in [2.05, 4.69) is 20.5 Å². The minimum atomic E-state index is -0.869. The quantitative estimate of drug-likeness (QED) is 0.300. The minimum absolute atomic E-state index is 0.153. The molecule has 2 N–H and O–H groups in total. The summed E-state index contributed by atoms with van der Waals surface area (Å²) in [5.41, 5.74) is 2.05. The molecular formula is C28H27F3N4O2. The van der Waals surface area contributed by atoms with E-state index < -0.39 is 23.6 Å². The van der Waals surface area contributed by atoms with Gasteiger partial charge in [-0.05, 0) is 62.2 Å². The normalized spacial score (nSPS) is 15.7. The van der Waals surface area contributed by atoms with Crippen molar-refractivity contribution in [2.75, 3.05) is 13.2 Å². The number of ether oxygens (including phenoxy) is 2. The molecule has 0 radical (unpaired) electrons. The van der Waals surface area contributed by atoms with Crippen molar-refractivity contribution in [1.82, 2.24) is 20.5 Å². The van der Waals surface area contributed by atoms with Gasteiger partial charge in [0, 0.05) is 49.0 Å². The lowest BCUT2D eigenvalue weighted by atomic mass is 10.1. The average Bonchev–Trinajstić information content (AvgIpc) is 3.30. The molecule has 6 nitrogen and oxygen atoms in total. The average molecular weight is 509 g/mol. The number of halogens is 3. The van der Waals surface area contributed by atoms with Gasteiger partial charge in [0.15, 0.2) is 0 Å². The fourth-order valence-electron chi connectivity index (χ4n) is 4.38. The maximum Gasteiger partial charge on any atom is 0.134 e. The van der Waals surface area contributed by atoms with Crippen molar-refractivity contribution in [1.29, 1.82) is 0 Å². The summed E-state index contributed by atoms with van der Waals surface area (Å²) in [6, 6.07) is 12.6. The van der Waals surface area contributed by atoms with Gasteiger partial charge in [0.25, 0.3) is 0 Å². The van der Waals surface area contributed by atoms with E-state index in [1.54, 1.807) is 37.3 Å². The number of fused-ring (bicyclic) bond motifs is 1. The van der Waals surface area contributed by atoms with E-state index in [1.807, 2.05) is 0 Å². The summed E-state index contributed by atoms with van der Waals surface area (Å²) in [7, 11) is 0. The second-order valence-corrected chi connectivity index (χ2v) is 9.01. The van der Waals surface area contributed by atoms with Crippen LogP contribution in [0.2, 0.25) is 0 Å². The van der Waals surface area contributed by atoms with Gasteiger partial charge in [0.05, 0.1) is 22.5 Å². The number of benzene rings is 2. The van der Waals surface area contributed by atoms with E-state index >= 15 is 4.39 Å². The van der Waals surface area contributed by atoms with Crippen molar-refractivity contribution in [3.05, 3.63) is 88.9 Å². The summed E-state index contributed by atoms with van der Waals surface area (Å²) in [4.78, 5) is 4.38. The van der Waals surface area contributed by atoms with Gasteiger partial charge in [-0.1, -0.05) is 6.07 Å². The highest BCUT2D eigenvalue weighted by Crippen LogP contribution is 2.30. The first kappa shape index (κ1) is 25.0. The SMILES string of the molecule is CC(Oc1ccc2[nH]nc(/C=C(\F)c3ccc(CNC4CCOCC4)nc3)c2c1)c1c(F)cccc1F. The van der Waals surface area contributed by atoms with Crippen LogP contribution in [0.1, 0.15) is 48.4 Å². The Morgan fingerprint density at radius 2 is 1.95 bits per heavy atom. The molecule has 4 aromatic rings. The van der Waals surface area contributed by atoms with Crippen molar-refractivity contribution in [3.63, 3.8) is 0 Å². The zero-order valence-electron chi connectivity index (χ0n) is 20.3. The fraction of sp³-hybridized carbons (Fsp3) is 0.286. The van der Waals surface area contributed by atoms with E-state index in [0.717, 1.165) is 31.7 Å². The Balaban J connectivity index is 1.30. The van der Waals surface area contributed by atoms with Crippen molar-refractivity contribution >= 4 is 22.8 Å². The van der Waals surface area contributed by atoms with E-state index in [4.69, 9.17) is 9.47 Å². The van der Waals surface area contributed by atoms with Crippen molar-refractivity contribution in [3.8, 4) is 5.75 Å². The molecule has 1 unspecified atom stereocenters. The first-order valence-corrected chi connectivity index (χ1v) is 12.2. The second-order valence-electron chi connectivity index (χ2n) is 9.01. The van der Waals surface area contributed by atoms with E-state index in [0.29, 0.717) is 40.5 Å². The molecule has 1 aliphatic heterocycles. The molecule has 3 heterocycles. The van der Waals surface area contributed by atoms with Crippen LogP contribution >= 0.6 is 0 Å². The Morgan fingerprint density at radius 3 is 2.68 bits per heavy atom. The van der Waals surface area contributed by atoms with Crippen molar-refractivity contribution in [2.45, 2.75) is 38.5 Å². The third kappa shape index (κ3) is 5.84. The number of H-pyrrole nitrogens is 1. The van der Waals surface area contributed by atoms with Gasteiger partial charge in [-0.15, -0.1) is 0 Å². The molecule has 1 aliphatic rings. The van der Waals surface area contributed by atoms with Crippen LogP contribution in [0.15, 0.2) is 54.7 Å². The molecule has 192 valence electrons. The van der Waals surface area contributed by atoms with E-state index in [1.165, 1.54) is 30.5 Å². The van der Waals surface area contributed by atoms with Crippen LogP contribution in [0.4, 0.5) is 13.2 Å². The molecule has 1 saturated heterocycles. The number of hydrogen-bond acceptors (Lipinski definition) is 5. The first-order chi connectivity index (χ1) is 18.0. The van der Waals surface area contributed by atoms with Gasteiger partial charge >= 0.3 is 0 Å². The van der Waals surface area contributed by atoms with Crippen LogP contribution < -0.4 is 10.1 Å². The lowest BCUT2D eigenvalue weighted by Gasteiger charge is -2.23. The Morgan fingerprint density at radius 1 is 1.16 bits per heavy atom. The molecular weight excluding hydrogens is 481 g/mol. The predicted octanol–water partition coefficient (Wildman–Crippen LogP) is 6.11. The molecule has 1 fully saturated rings. The molecule has 0 aliphatic carbocycles. The zero-order valence-corrected chi connectivity index (χ0v) is 20.3. The van der Waals surface area contributed by atoms with Crippen molar-refractivity contribution in [2.24, 2.45) is 0 Å². The Hall–Kier alpha value is -3.69. The standard InChI is InChI=1S/C28H27F3N4O2/c1-17(28-23(29)3-2-4-24(28)30)37-21-7-8-26-22(13-21)27(35-34-26)14-25(31)18-5-6-20(32-15-18)16-33-19-9-11-36-12-10-19/h2-8,13-15,17,19,33H,9-12,16H2,1H3,(H,34,35)/b25-14-. The highest BCUT2D eigenvalue weighted by Gasteiger charge is 2.18. The highest BCUT2D eigenvalue weighted by molar-refractivity contribution is 5.91. The zero-order chi connectivity index (χ0) is 25.8. The van der Waals surface area contributed by atoms with Crippen LogP contribution in [-0.2, 0) is 11.3 Å². The topological polar surface area (TPSA) is 72.1 Å². The summed E-state index contributed by atoms with van der Waals surface area (Å²) >= 11 is 0. The van der Waals surface area contributed by atoms with E-state index in [9.17, 15) is 8.78 Å². The molecule has 9 heteroatoms. The van der Waals surface area contributed by atoms with Gasteiger partial charge in [0.2, 0.25) is 0 Å².